The van der Waals surface area contributed by atoms with Crippen molar-refractivity contribution in [3.05, 3.63) is 38.3 Å². The fourth-order valence-electron chi connectivity index (χ4n) is 4.07. The smallest absolute Gasteiger partial charge is 0.329 e. The molecule has 0 bridgehead atoms. The molecule has 0 spiro atoms. The third-order valence-electron chi connectivity index (χ3n) is 5.58. The van der Waals surface area contributed by atoms with Gasteiger partial charge in [-0.2, -0.15) is 4.98 Å². The predicted octanol–water partition coefficient (Wildman–Crippen LogP) is 2.25. The van der Waals surface area contributed by atoms with Crippen LogP contribution in [-0.2, 0) is 13.6 Å². The maximum absolute atomic E-state index is 12.7. The molecule has 166 valence electrons. The van der Waals surface area contributed by atoms with E-state index in [-0.39, 0.29) is 11.5 Å². The number of H-pyrrole nitrogens is 1. The molecule has 0 amide bonds. The number of imidazole rings is 1. The topological polar surface area (TPSA) is 102 Å². The molecule has 10 heteroatoms. The molecule has 9 nitrogen and oxygen atoms in total. The van der Waals surface area contributed by atoms with Gasteiger partial charge in [0.2, 0.25) is 5.95 Å². The largest absolute Gasteiger partial charge is 0.342 e. The van der Waals surface area contributed by atoms with Gasteiger partial charge in [0.1, 0.15) is 0 Å². The van der Waals surface area contributed by atoms with Crippen LogP contribution < -0.4 is 16.1 Å². The maximum atomic E-state index is 12.7. The number of thioether (sulfide) groups is 1. The van der Waals surface area contributed by atoms with E-state index >= 15 is 0 Å². The number of aryl methyl sites for hydroxylation is 3. The van der Waals surface area contributed by atoms with E-state index in [9.17, 15) is 9.59 Å². The Balaban J connectivity index is 1.65. The summed E-state index contributed by atoms with van der Waals surface area (Å²) < 4.78 is 3.41. The number of rotatable bonds is 6. The van der Waals surface area contributed by atoms with Gasteiger partial charge in [0.05, 0.1) is 0 Å². The molecule has 0 radical (unpaired) electrons. The summed E-state index contributed by atoms with van der Waals surface area (Å²) in [6.07, 6.45) is 3.42. The second-order valence-electron chi connectivity index (χ2n) is 8.41. The van der Waals surface area contributed by atoms with Crippen LogP contribution in [0.2, 0.25) is 0 Å². The molecule has 3 aromatic heterocycles. The Kier molecular flexibility index (Phi) is 6.17. The van der Waals surface area contributed by atoms with E-state index in [1.165, 1.54) is 11.0 Å². The summed E-state index contributed by atoms with van der Waals surface area (Å²) in [7, 11) is 1.65. The van der Waals surface area contributed by atoms with Crippen molar-refractivity contribution >= 4 is 28.9 Å². The van der Waals surface area contributed by atoms with Crippen molar-refractivity contribution in [3.8, 4) is 0 Å². The van der Waals surface area contributed by atoms with Gasteiger partial charge in [-0.1, -0.05) is 18.7 Å². The van der Waals surface area contributed by atoms with Gasteiger partial charge in [-0.25, -0.2) is 14.8 Å². The molecule has 0 unspecified atom stereocenters. The molecule has 1 aliphatic rings. The highest BCUT2D eigenvalue weighted by Gasteiger charge is 2.24. The Bertz CT molecular complexity index is 1190. The summed E-state index contributed by atoms with van der Waals surface area (Å²) >= 11 is 1.62. The van der Waals surface area contributed by atoms with Crippen LogP contribution in [0.25, 0.3) is 11.2 Å². The fraction of sp³-hybridized carbons (Fsp3) is 0.571. The zero-order valence-electron chi connectivity index (χ0n) is 18.5. The van der Waals surface area contributed by atoms with Gasteiger partial charge in [0.15, 0.2) is 16.3 Å². The maximum Gasteiger partial charge on any atom is 0.329 e. The zero-order valence-corrected chi connectivity index (χ0v) is 19.3. The number of piperidine rings is 1. The van der Waals surface area contributed by atoms with E-state index in [2.05, 4.69) is 26.8 Å². The predicted molar refractivity (Wildman–Crippen MR) is 123 cm³/mol. The summed E-state index contributed by atoms with van der Waals surface area (Å²) in [5.74, 6) is 1.83. The van der Waals surface area contributed by atoms with Crippen LogP contribution in [0.5, 0.6) is 0 Å². The molecule has 0 saturated carbocycles. The minimum Gasteiger partial charge on any atom is -0.342 e. The van der Waals surface area contributed by atoms with Gasteiger partial charge in [0, 0.05) is 43.8 Å². The van der Waals surface area contributed by atoms with Crippen molar-refractivity contribution < 1.29 is 0 Å². The van der Waals surface area contributed by atoms with Crippen LogP contribution in [0.1, 0.15) is 37.6 Å². The van der Waals surface area contributed by atoms with Crippen molar-refractivity contribution in [2.45, 2.75) is 51.7 Å². The van der Waals surface area contributed by atoms with Crippen LogP contribution in [-0.4, -0.2) is 47.9 Å². The summed E-state index contributed by atoms with van der Waals surface area (Å²) in [5.41, 5.74) is 1.99. The number of anilines is 1. The first-order valence-corrected chi connectivity index (χ1v) is 11.7. The van der Waals surface area contributed by atoms with E-state index in [4.69, 9.17) is 4.98 Å². The SMILES string of the molecule is Cc1cc(C)nc(SC[C@@H](C)Cn2c(N3CCCCC3)nc3c2c(=O)[nH]c(=O)n3C)n1. The quantitative estimate of drug-likeness (QED) is 0.460. The molecular formula is C21H29N7O2S. The third-order valence-corrected chi connectivity index (χ3v) is 6.76. The number of aromatic nitrogens is 6. The van der Waals surface area contributed by atoms with Crippen LogP contribution in [0.15, 0.2) is 20.8 Å². The number of hydrogen-bond donors (Lipinski definition) is 1. The minimum absolute atomic E-state index is 0.243. The fourth-order valence-corrected chi connectivity index (χ4v) is 5.03. The summed E-state index contributed by atoms with van der Waals surface area (Å²) in [6.45, 7) is 8.55. The summed E-state index contributed by atoms with van der Waals surface area (Å²) in [6, 6.07) is 1.96. The lowest BCUT2D eigenvalue weighted by Crippen LogP contribution is -2.33. The number of nitrogens with one attached hydrogen (secondary N) is 1. The van der Waals surface area contributed by atoms with Crippen LogP contribution >= 0.6 is 11.8 Å². The van der Waals surface area contributed by atoms with E-state index in [1.54, 1.807) is 18.8 Å². The lowest BCUT2D eigenvalue weighted by atomic mass is 10.1. The van der Waals surface area contributed by atoms with Gasteiger partial charge in [0.25, 0.3) is 5.56 Å². The molecule has 4 heterocycles. The van der Waals surface area contributed by atoms with E-state index in [0.29, 0.717) is 17.7 Å². The molecule has 4 rings (SSSR count). The number of hydrogen-bond acceptors (Lipinski definition) is 7. The Morgan fingerprint density at radius 3 is 2.45 bits per heavy atom. The molecule has 1 fully saturated rings. The molecule has 1 aliphatic heterocycles. The molecule has 31 heavy (non-hydrogen) atoms. The highest BCUT2D eigenvalue weighted by atomic mass is 32.2. The Morgan fingerprint density at radius 1 is 1.10 bits per heavy atom. The number of nitrogens with zero attached hydrogens (tertiary/aromatic N) is 6. The lowest BCUT2D eigenvalue weighted by molar-refractivity contribution is 0.514. The van der Waals surface area contributed by atoms with Crippen molar-refractivity contribution in [2.75, 3.05) is 23.7 Å². The van der Waals surface area contributed by atoms with Gasteiger partial charge >= 0.3 is 5.69 Å². The molecule has 3 aromatic rings. The molecule has 1 saturated heterocycles. The molecular weight excluding hydrogens is 414 g/mol. The zero-order chi connectivity index (χ0) is 22.1. The van der Waals surface area contributed by atoms with Gasteiger partial charge in [-0.05, 0) is 45.1 Å². The number of fused-ring (bicyclic) bond motifs is 1. The lowest BCUT2D eigenvalue weighted by Gasteiger charge is -2.28. The number of aromatic amines is 1. The van der Waals surface area contributed by atoms with Crippen molar-refractivity contribution in [1.82, 2.24) is 29.1 Å². The normalized spacial score (nSPS) is 15.5. The summed E-state index contributed by atoms with van der Waals surface area (Å²) in [5, 5.41) is 0.774. The van der Waals surface area contributed by atoms with E-state index in [0.717, 1.165) is 54.2 Å². The van der Waals surface area contributed by atoms with Gasteiger partial charge < -0.3 is 9.47 Å². The average molecular weight is 444 g/mol. The van der Waals surface area contributed by atoms with Crippen molar-refractivity contribution in [1.29, 1.82) is 0 Å². The second-order valence-corrected chi connectivity index (χ2v) is 9.40. The first-order valence-electron chi connectivity index (χ1n) is 10.7. The Morgan fingerprint density at radius 2 is 1.77 bits per heavy atom. The summed E-state index contributed by atoms with van der Waals surface area (Å²) in [4.78, 5) is 43.3. The first kappa shape index (κ1) is 21.6. The molecule has 0 aliphatic carbocycles. The average Bonchev–Trinajstić information content (AvgIpc) is 3.10. The van der Waals surface area contributed by atoms with E-state index in [1.807, 2.05) is 24.5 Å². The van der Waals surface area contributed by atoms with Crippen LogP contribution in [0, 0.1) is 19.8 Å². The monoisotopic (exact) mass is 443 g/mol. The van der Waals surface area contributed by atoms with Crippen LogP contribution in [0.3, 0.4) is 0 Å². The van der Waals surface area contributed by atoms with Crippen molar-refractivity contribution in [2.24, 2.45) is 13.0 Å². The Labute approximate surface area is 184 Å². The molecule has 1 N–H and O–H groups in total. The highest BCUT2D eigenvalue weighted by molar-refractivity contribution is 7.99. The Hall–Kier alpha value is -2.62. The van der Waals surface area contributed by atoms with Gasteiger partial charge in [-0.3, -0.25) is 14.3 Å². The van der Waals surface area contributed by atoms with Crippen molar-refractivity contribution in [3.63, 3.8) is 0 Å². The third kappa shape index (κ3) is 4.53. The van der Waals surface area contributed by atoms with E-state index < -0.39 is 5.69 Å². The second kappa shape index (κ2) is 8.86. The molecule has 1 atom stereocenters. The standard InChI is InChI=1S/C21H29N7O2S/c1-13(12-31-19-22-14(2)10-15(3)23-19)11-28-16-17(26(4)21(30)25-18(16)29)24-20(28)27-8-6-5-7-9-27/h10,13H,5-9,11-12H2,1-4H3,(H,25,29,30)/t13-/m0/s1. The highest BCUT2D eigenvalue weighted by Crippen LogP contribution is 2.26. The van der Waals surface area contributed by atoms with Crippen LogP contribution in [0.4, 0.5) is 5.95 Å². The minimum atomic E-state index is -0.442. The first-order chi connectivity index (χ1) is 14.8. The van der Waals surface area contributed by atoms with Gasteiger partial charge in [-0.15, -0.1) is 0 Å². The molecule has 0 aromatic carbocycles.